The second kappa shape index (κ2) is 15.5. The molecule has 3 aliphatic heterocycles. The number of likely N-dealkylation sites (tertiary alicyclic amines) is 1. The van der Waals surface area contributed by atoms with Crippen molar-refractivity contribution in [2.24, 2.45) is 29.1 Å². The first-order chi connectivity index (χ1) is 22.0. The van der Waals surface area contributed by atoms with Gasteiger partial charge in [0.25, 0.3) is 0 Å². The number of ketones is 1. The number of carbonyl (C=O) groups is 3. The van der Waals surface area contributed by atoms with E-state index in [4.69, 9.17) is 18.9 Å². The second-order valence-electron chi connectivity index (χ2n) is 16.2. The molecule has 0 radical (unpaired) electrons. The van der Waals surface area contributed by atoms with Crippen LogP contribution in [-0.4, -0.2) is 134 Å². The number of piperidine rings is 1. The first-order valence-corrected chi connectivity index (χ1v) is 17.9. The molecule has 11 nitrogen and oxygen atoms in total. The number of carbonyl (C=O) groups excluding carboxylic acids is 3. The Kier molecular flexibility index (Phi) is 12.6. The molecule has 0 aromatic heterocycles. The molecule has 11 heteroatoms. The Morgan fingerprint density at radius 1 is 1.06 bits per heavy atom. The summed E-state index contributed by atoms with van der Waals surface area (Å²) < 4.78 is 25.0. The highest BCUT2D eigenvalue weighted by molar-refractivity contribution is 6.04. The molecular weight excluding hydrogens is 602 g/mol. The summed E-state index contributed by atoms with van der Waals surface area (Å²) >= 11 is 0. The predicted octanol–water partition coefficient (Wildman–Crippen LogP) is 3.36. The zero-order chi connectivity index (χ0) is 34.8. The molecule has 1 aliphatic carbocycles. The van der Waals surface area contributed by atoms with Gasteiger partial charge in [-0.15, -0.1) is 0 Å². The van der Waals surface area contributed by atoms with E-state index in [2.05, 4.69) is 18.9 Å². The summed E-state index contributed by atoms with van der Waals surface area (Å²) in [5.74, 6) is -0.522. The zero-order valence-corrected chi connectivity index (χ0v) is 30.7. The van der Waals surface area contributed by atoms with Gasteiger partial charge in [0.05, 0.1) is 17.8 Å². The highest BCUT2D eigenvalue weighted by Crippen LogP contribution is 2.39. The maximum absolute atomic E-state index is 14.2. The smallest absolute Gasteiger partial charge is 0.319 e. The Morgan fingerprint density at radius 2 is 1.70 bits per heavy atom. The van der Waals surface area contributed by atoms with Crippen molar-refractivity contribution in [3.63, 3.8) is 0 Å². The van der Waals surface area contributed by atoms with Gasteiger partial charge in [0.2, 0.25) is 5.91 Å². The van der Waals surface area contributed by atoms with Crippen molar-refractivity contribution in [2.75, 3.05) is 54.5 Å². The molecule has 0 bridgehead atoms. The molecule has 4 rings (SSSR count). The molecule has 0 aromatic rings. The lowest BCUT2D eigenvalue weighted by Gasteiger charge is -2.47. The molecule has 3 heterocycles. The van der Waals surface area contributed by atoms with Gasteiger partial charge in [-0.05, 0) is 106 Å². The average Bonchev–Trinajstić information content (AvgIpc) is 3.87. The van der Waals surface area contributed by atoms with Gasteiger partial charge in [-0.1, -0.05) is 13.8 Å². The normalized spacial score (nSPS) is 38.8. The van der Waals surface area contributed by atoms with Crippen LogP contribution in [0, 0.1) is 29.1 Å². The van der Waals surface area contributed by atoms with Crippen molar-refractivity contribution in [2.45, 2.75) is 129 Å². The maximum Gasteiger partial charge on any atom is 0.319 e. The molecule has 1 N–H and O–H groups in total. The standard InChI is InChI=1S/C36H63N3O8/c1-22-19-36(6,44-10)31(47-33-29(40)28(37(7)8)17-23(2)46-33)24(3)30(41)35(4,5)34(43)45-21-27(38(9)20-22)18-25-13-15-39(16-14-25)32(42)26-11-12-26/h22-29,31,33,40H,11-21H2,1-10H3/t22-,23-,24+,27-,28+,29-,31-,33+,36-/m1/s1. The Hall–Kier alpha value is -1.63. The van der Waals surface area contributed by atoms with E-state index in [0.29, 0.717) is 24.7 Å². The van der Waals surface area contributed by atoms with Crippen LogP contribution >= 0.6 is 0 Å². The second-order valence-corrected chi connectivity index (χ2v) is 16.2. The lowest BCUT2D eigenvalue weighted by atomic mass is 9.74. The van der Waals surface area contributed by atoms with Gasteiger partial charge in [0.15, 0.2) is 12.1 Å². The number of rotatable bonds is 7. The Balaban J connectivity index is 1.56. The third-order valence-corrected chi connectivity index (χ3v) is 11.5. The summed E-state index contributed by atoms with van der Waals surface area (Å²) in [4.78, 5) is 46.8. The SMILES string of the molecule is CO[C@]1(C)C[C@@H](C)CN(C)[C@H](CC2CCN(C(=O)C3CC3)CC2)COC(=O)C(C)(C)C(=O)[C@H](C)[C@H]1O[C@@H]1O[C@H](C)C[C@H](N(C)C)[C@H]1O. The molecule has 3 saturated heterocycles. The first kappa shape index (κ1) is 38.2. The van der Waals surface area contributed by atoms with Crippen LogP contribution < -0.4 is 0 Å². The van der Waals surface area contributed by atoms with Crippen LogP contribution in [0.4, 0.5) is 0 Å². The van der Waals surface area contributed by atoms with Gasteiger partial charge in [-0.25, -0.2) is 0 Å². The first-order valence-electron chi connectivity index (χ1n) is 17.9. The lowest BCUT2D eigenvalue weighted by Crippen LogP contribution is -2.59. The fourth-order valence-corrected chi connectivity index (χ4v) is 8.20. The van der Waals surface area contributed by atoms with E-state index in [1.54, 1.807) is 27.9 Å². The molecular formula is C36H63N3O8. The van der Waals surface area contributed by atoms with Crippen molar-refractivity contribution in [1.29, 1.82) is 0 Å². The predicted molar refractivity (Wildman–Crippen MR) is 178 cm³/mol. The topological polar surface area (TPSA) is 118 Å². The minimum Gasteiger partial charge on any atom is -0.463 e. The Morgan fingerprint density at radius 3 is 2.28 bits per heavy atom. The summed E-state index contributed by atoms with van der Waals surface area (Å²) in [7, 11) is 7.55. The van der Waals surface area contributed by atoms with Crippen LogP contribution in [-0.2, 0) is 33.3 Å². The molecule has 4 aliphatic rings. The third kappa shape index (κ3) is 8.94. The number of amides is 1. The van der Waals surface area contributed by atoms with E-state index in [0.717, 1.165) is 51.7 Å². The number of cyclic esters (lactones) is 1. The van der Waals surface area contributed by atoms with Gasteiger partial charge in [-0.3, -0.25) is 19.3 Å². The summed E-state index contributed by atoms with van der Waals surface area (Å²) in [5, 5.41) is 11.3. The number of nitrogens with zero attached hydrogens (tertiary/aromatic N) is 3. The number of ether oxygens (including phenoxy) is 4. The molecule has 270 valence electrons. The van der Waals surface area contributed by atoms with Crippen LogP contribution in [0.15, 0.2) is 0 Å². The van der Waals surface area contributed by atoms with Crippen molar-refractivity contribution in [3.05, 3.63) is 0 Å². The van der Waals surface area contributed by atoms with Gasteiger partial charge in [0.1, 0.15) is 18.1 Å². The van der Waals surface area contributed by atoms with Crippen LogP contribution in [0.2, 0.25) is 0 Å². The zero-order valence-electron chi connectivity index (χ0n) is 30.7. The third-order valence-electron chi connectivity index (χ3n) is 11.5. The number of hydrogen-bond donors (Lipinski definition) is 1. The molecule has 0 unspecified atom stereocenters. The molecule has 1 amide bonds. The number of likely N-dealkylation sites (N-methyl/N-ethyl adjacent to an activating group) is 2. The number of methoxy groups -OCH3 is 1. The summed E-state index contributed by atoms with van der Waals surface area (Å²) in [5.41, 5.74) is -2.37. The lowest BCUT2D eigenvalue weighted by molar-refractivity contribution is -0.295. The minimum absolute atomic E-state index is 0.0303. The fourth-order valence-electron chi connectivity index (χ4n) is 8.20. The average molecular weight is 666 g/mol. The van der Waals surface area contributed by atoms with Gasteiger partial charge in [0, 0.05) is 50.7 Å². The van der Waals surface area contributed by atoms with Crippen molar-refractivity contribution < 1.29 is 38.4 Å². The molecule has 0 spiro atoms. The number of aliphatic hydroxyl groups is 1. The van der Waals surface area contributed by atoms with Crippen LogP contribution in [0.25, 0.3) is 0 Å². The number of Topliss-reactive ketones (excluding diaryl/α,β-unsaturated/α-hetero) is 1. The quantitative estimate of drug-likeness (QED) is 0.321. The number of esters is 1. The van der Waals surface area contributed by atoms with Crippen LogP contribution in [0.1, 0.15) is 86.5 Å². The Labute approximate surface area is 283 Å². The van der Waals surface area contributed by atoms with Crippen LogP contribution in [0.5, 0.6) is 0 Å². The van der Waals surface area contributed by atoms with E-state index in [1.165, 1.54) is 0 Å². The highest BCUT2D eigenvalue weighted by Gasteiger charge is 2.51. The van der Waals surface area contributed by atoms with E-state index < -0.39 is 41.4 Å². The minimum atomic E-state index is -1.43. The van der Waals surface area contributed by atoms with E-state index in [-0.39, 0.29) is 42.4 Å². The van der Waals surface area contributed by atoms with Gasteiger partial charge >= 0.3 is 5.97 Å². The largest absolute Gasteiger partial charge is 0.463 e. The number of aliphatic hydroxyl groups excluding tert-OH is 1. The van der Waals surface area contributed by atoms with Crippen molar-refractivity contribution in [1.82, 2.24) is 14.7 Å². The van der Waals surface area contributed by atoms with E-state index in [1.807, 2.05) is 37.7 Å². The molecule has 47 heavy (non-hydrogen) atoms. The summed E-state index contributed by atoms with van der Waals surface area (Å²) in [6, 6.07) is -0.211. The molecule has 1 saturated carbocycles. The van der Waals surface area contributed by atoms with Crippen molar-refractivity contribution in [3.8, 4) is 0 Å². The van der Waals surface area contributed by atoms with Crippen LogP contribution in [0.3, 0.4) is 0 Å². The molecule has 0 aromatic carbocycles. The molecule has 4 fully saturated rings. The van der Waals surface area contributed by atoms with Gasteiger partial charge in [-0.2, -0.15) is 0 Å². The number of hydrogen-bond acceptors (Lipinski definition) is 10. The monoisotopic (exact) mass is 665 g/mol. The maximum atomic E-state index is 14.2. The summed E-state index contributed by atoms with van der Waals surface area (Å²) in [6.45, 7) is 13.6. The highest BCUT2D eigenvalue weighted by atomic mass is 16.7. The Bertz CT molecular complexity index is 1090. The fraction of sp³-hybridized carbons (Fsp3) is 0.917. The van der Waals surface area contributed by atoms with E-state index in [9.17, 15) is 19.5 Å². The van der Waals surface area contributed by atoms with Crippen molar-refractivity contribution >= 4 is 17.7 Å². The molecule has 9 atom stereocenters. The van der Waals surface area contributed by atoms with Gasteiger partial charge < -0.3 is 33.9 Å². The summed E-state index contributed by atoms with van der Waals surface area (Å²) in [6.07, 6.45) is 3.12. The van der Waals surface area contributed by atoms with E-state index >= 15 is 0 Å².